The molecule has 1 aliphatic rings. The third-order valence-electron chi connectivity index (χ3n) is 4.14. The number of nitrogens with zero attached hydrogens (tertiary/aromatic N) is 2. The summed E-state index contributed by atoms with van der Waals surface area (Å²) in [6, 6.07) is 13.3. The molecule has 4 rings (SSSR count). The Balaban J connectivity index is 1.47. The van der Waals surface area contributed by atoms with Crippen LogP contribution in [-0.2, 0) is 6.54 Å². The highest BCUT2D eigenvalue weighted by Crippen LogP contribution is 2.36. The lowest BCUT2D eigenvalue weighted by molar-refractivity contribution is 0.174. The number of hydrogen-bond acceptors (Lipinski definition) is 8. The van der Waals surface area contributed by atoms with Crippen LogP contribution in [0.5, 0.6) is 17.2 Å². The van der Waals surface area contributed by atoms with E-state index in [0.29, 0.717) is 29.6 Å². The van der Waals surface area contributed by atoms with Crippen LogP contribution >= 0.6 is 0 Å². The molecule has 2 heterocycles. The minimum Gasteiger partial charge on any atom is -0.497 e. The zero-order chi connectivity index (χ0) is 18.6. The maximum atomic E-state index is 6.23. The average molecular weight is 365 g/mol. The molecule has 1 aliphatic heterocycles. The van der Waals surface area contributed by atoms with Crippen molar-refractivity contribution in [3.8, 4) is 17.2 Å². The van der Waals surface area contributed by atoms with Crippen molar-refractivity contribution >= 4 is 23.0 Å². The predicted octanol–water partition coefficient (Wildman–Crippen LogP) is 3.15. The first-order chi connectivity index (χ1) is 13.2. The third kappa shape index (κ3) is 3.64. The molecular weight excluding hydrogens is 346 g/mol. The van der Waals surface area contributed by atoms with Gasteiger partial charge in [-0.15, -0.1) is 0 Å². The summed E-state index contributed by atoms with van der Waals surface area (Å²) in [5.74, 6) is 3.30. The lowest BCUT2D eigenvalue weighted by atomic mass is 10.2. The number of benzene rings is 2. The normalized spacial score (nSPS) is 11.9. The van der Waals surface area contributed by atoms with Gasteiger partial charge in [-0.05, 0) is 29.8 Å². The largest absolute Gasteiger partial charge is 0.497 e. The molecule has 0 radical (unpaired) electrons. The van der Waals surface area contributed by atoms with Gasteiger partial charge in [0, 0.05) is 18.3 Å². The predicted molar refractivity (Wildman–Crippen MR) is 103 cm³/mol. The summed E-state index contributed by atoms with van der Waals surface area (Å²) in [5, 5.41) is 6.42. The Kier molecular flexibility index (Phi) is 4.52. The molecule has 0 unspecified atom stereocenters. The van der Waals surface area contributed by atoms with Crippen LogP contribution in [0.4, 0.5) is 23.0 Å². The van der Waals surface area contributed by atoms with Crippen LogP contribution in [0.1, 0.15) is 5.56 Å². The highest BCUT2D eigenvalue weighted by molar-refractivity contribution is 5.78. The molecule has 0 atom stereocenters. The Hall–Kier alpha value is -3.68. The van der Waals surface area contributed by atoms with Crippen LogP contribution in [0, 0.1) is 0 Å². The van der Waals surface area contributed by atoms with Gasteiger partial charge in [-0.25, -0.2) is 9.97 Å². The van der Waals surface area contributed by atoms with Gasteiger partial charge in [-0.2, -0.15) is 0 Å². The lowest BCUT2D eigenvalue weighted by Crippen LogP contribution is -2.08. The Labute approximate surface area is 156 Å². The zero-order valence-electron chi connectivity index (χ0n) is 14.7. The number of aromatic nitrogens is 2. The molecule has 0 saturated carbocycles. The van der Waals surface area contributed by atoms with Crippen LogP contribution in [0.2, 0.25) is 0 Å². The van der Waals surface area contributed by atoms with Crippen molar-refractivity contribution in [3.63, 3.8) is 0 Å². The minimum atomic E-state index is 0.230. The number of nitrogens with two attached hydrogens (primary N) is 1. The van der Waals surface area contributed by atoms with E-state index in [2.05, 4.69) is 20.6 Å². The highest BCUT2D eigenvalue weighted by Gasteiger charge is 2.14. The summed E-state index contributed by atoms with van der Waals surface area (Å²) in [4.78, 5) is 8.46. The SMILES string of the molecule is COc1ccc(CNc2ncnc(Nc3ccc4c(c3)OCO4)c2N)cc1. The fraction of sp³-hybridized carbons (Fsp3) is 0.158. The van der Waals surface area contributed by atoms with E-state index in [1.807, 2.05) is 42.5 Å². The van der Waals surface area contributed by atoms with E-state index in [1.54, 1.807) is 7.11 Å². The van der Waals surface area contributed by atoms with Gasteiger partial charge in [0.05, 0.1) is 7.11 Å². The first kappa shape index (κ1) is 16.8. The molecule has 27 heavy (non-hydrogen) atoms. The molecule has 3 aromatic rings. The van der Waals surface area contributed by atoms with Crippen molar-refractivity contribution in [2.45, 2.75) is 6.54 Å². The Bertz CT molecular complexity index is 947. The summed E-state index contributed by atoms with van der Waals surface area (Å²) in [5.41, 5.74) is 8.54. The fourth-order valence-corrected chi connectivity index (χ4v) is 2.68. The van der Waals surface area contributed by atoms with Gasteiger partial charge < -0.3 is 30.6 Å². The molecule has 0 fully saturated rings. The molecule has 1 aromatic heterocycles. The van der Waals surface area contributed by atoms with Crippen molar-refractivity contribution in [1.29, 1.82) is 0 Å². The van der Waals surface area contributed by atoms with Gasteiger partial charge in [-0.3, -0.25) is 0 Å². The highest BCUT2D eigenvalue weighted by atomic mass is 16.7. The number of anilines is 4. The van der Waals surface area contributed by atoms with Crippen molar-refractivity contribution < 1.29 is 14.2 Å². The van der Waals surface area contributed by atoms with E-state index >= 15 is 0 Å². The molecule has 0 bridgehead atoms. The van der Waals surface area contributed by atoms with E-state index in [-0.39, 0.29) is 6.79 Å². The fourth-order valence-electron chi connectivity index (χ4n) is 2.68. The Morgan fingerprint density at radius 2 is 1.81 bits per heavy atom. The van der Waals surface area contributed by atoms with Crippen molar-refractivity contribution in [1.82, 2.24) is 9.97 Å². The minimum absolute atomic E-state index is 0.230. The standard InChI is InChI=1S/C19H19N5O3/c1-25-14-5-2-12(3-6-14)9-21-18-17(20)19(23-10-22-18)24-13-4-7-15-16(8-13)27-11-26-15/h2-8,10H,9,11,20H2,1H3,(H2,21,22,23,24). The number of rotatable bonds is 6. The van der Waals surface area contributed by atoms with Gasteiger partial charge in [0.25, 0.3) is 0 Å². The molecule has 0 amide bonds. The van der Waals surface area contributed by atoms with Crippen LogP contribution in [-0.4, -0.2) is 23.9 Å². The third-order valence-corrected chi connectivity index (χ3v) is 4.14. The van der Waals surface area contributed by atoms with Gasteiger partial charge >= 0.3 is 0 Å². The summed E-state index contributed by atoms with van der Waals surface area (Å²) in [6.45, 7) is 0.808. The van der Waals surface area contributed by atoms with Crippen molar-refractivity contribution in [2.24, 2.45) is 0 Å². The summed E-state index contributed by atoms with van der Waals surface area (Å²) >= 11 is 0. The molecule has 0 saturated heterocycles. The number of fused-ring (bicyclic) bond motifs is 1. The molecule has 8 nitrogen and oxygen atoms in total. The van der Waals surface area contributed by atoms with E-state index in [9.17, 15) is 0 Å². The summed E-state index contributed by atoms with van der Waals surface area (Å²) < 4.78 is 15.9. The van der Waals surface area contributed by atoms with Gasteiger partial charge in [0.1, 0.15) is 17.8 Å². The number of methoxy groups -OCH3 is 1. The molecule has 138 valence electrons. The second-order valence-corrected chi connectivity index (χ2v) is 5.88. The van der Waals surface area contributed by atoms with E-state index in [4.69, 9.17) is 19.9 Å². The molecular formula is C19H19N5O3. The Morgan fingerprint density at radius 3 is 2.63 bits per heavy atom. The van der Waals surface area contributed by atoms with Crippen LogP contribution in [0.25, 0.3) is 0 Å². The lowest BCUT2D eigenvalue weighted by Gasteiger charge is -2.13. The molecule has 0 spiro atoms. The molecule has 4 N–H and O–H groups in total. The first-order valence-corrected chi connectivity index (χ1v) is 8.37. The van der Waals surface area contributed by atoms with Crippen molar-refractivity contribution in [3.05, 3.63) is 54.4 Å². The van der Waals surface area contributed by atoms with Crippen LogP contribution in [0.3, 0.4) is 0 Å². The molecule has 0 aliphatic carbocycles. The topological polar surface area (TPSA) is 104 Å². The van der Waals surface area contributed by atoms with Gasteiger partial charge in [-0.1, -0.05) is 12.1 Å². The second kappa shape index (κ2) is 7.28. The maximum absolute atomic E-state index is 6.23. The number of nitrogens with one attached hydrogen (secondary N) is 2. The summed E-state index contributed by atoms with van der Waals surface area (Å²) in [6.07, 6.45) is 1.46. The van der Waals surface area contributed by atoms with Gasteiger partial charge in [0.2, 0.25) is 6.79 Å². The average Bonchev–Trinajstić information content (AvgIpc) is 3.17. The second-order valence-electron chi connectivity index (χ2n) is 5.88. The molecule has 8 heteroatoms. The number of hydrogen-bond donors (Lipinski definition) is 3. The van der Waals surface area contributed by atoms with E-state index in [1.165, 1.54) is 6.33 Å². The maximum Gasteiger partial charge on any atom is 0.231 e. The van der Waals surface area contributed by atoms with Crippen LogP contribution < -0.4 is 30.6 Å². The van der Waals surface area contributed by atoms with E-state index < -0.39 is 0 Å². The van der Waals surface area contributed by atoms with Gasteiger partial charge in [0.15, 0.2) is 23.1 Å². The zero-order valence-corrected chi connectivity index (χ0v) is 14.7. The number of nitrogen functional groups attached to an aromatic ring is 1. The smallest absolute Gasteiger partial charge is 0.231 e. The van der Waals surface area contributed by atoms with Crippen molar-refractivity contribution in [2.75, 3.05) is 30.3 Å². The number of ether oxygens (including phenoxy) is 3. The molecule has 2 aromatic carbocycles. The van der Waals surface area contributed by atoms with E-state index in [0.717, 1.165) is 22.7 Å². The van der Waals surface area contributed by atoms with Crippen LogP contribution in [0.15, 0.2) is 48.8 Å². The summed E-state index contributed by atoms with van der Waals surface area (Å²) in [7, 11) is 1.64. The first-order valence-electron chi connectivity index (χ1n) is 8.37. The quantitative estimate of drug-likeness (QED) is 0.612. The monoisotopic (exact) mass is 365 g/mol. The Morgan fingerprint density at radius 1 is 1.04 bits per heavy atom.